The molecular weight excluding hydrogens is 265 g/mol. The number of hydrogen-bond donors (Lipinski definition) is 4. The molecule has 7 heteroatoms. The van der Waals surface area contributed by atoms with Crippen molar-refractivity contribution >= 4 is 23.2 Å². The number of carbonyl (C=O) groups is 2. The Labute approximate surface area is 115 Å². The van der Waals surface area contributed by atoms with Crippen LogP contribution in [0.3, 0.4) is 0 Å². The van der Waals surface area contributed by atoms with Gasteiger partial charge in [-0.25, -0.2) is 4.39 Å². The lowest BCUT2D eigenvalue weighted by Crippen LogP contribution is -2.35. The molecule has 1 aliphatic heterocycles. The molecule has 2 atom stereocenters. The van der Waals surface area contributed by atoms with E-state index in [2.05, 4.69) is 16.0 Å². The summed E-state index contributed by atoms with van der Waals surface area (Å²) in [5.74, 6) is -1.28. The number of carbonyl (C=O) groups excluding carboxylic acids is 2. The number of halogens is 1. The smallest absolute Gasteiger partial charge is 0.241 e. The quantitative estimate of drug-likeness (QED) is 0.647. The molecule has 0 bridgehead atoms. The van der Waals surface area contributed by atoms with Crippen molar-refractivity contribution in [2.75, 3.05) is 17.2 Å². The van der Waals surface area contributed by atoms with Crippen LogP contribution in [0, 0.1) is 5.82 Å². The van der Waals surface area contributed by atoms with E-state index in [1.807, 2.05) is 0 Å². The van der Waals surface area contributed by atoms with Gasteiger partial charge in [0.05, 0.1) is 17.8 Å². The molecule has 1 heterocycles. The second-order valence-corrected chi connectivity index (χ2v) is 4.72. The summed E-state index contributed by atoms with van der Waals surface area (Å²) < 4.78 is 13.4. The van der Waals surface area contributed by atoms with Crippen LogP contribution in [0.15, 0.2) is 18.2 Å². The van der Waals surface area contributed by atoms with Crippen molar-refractivity contribution < 1.29 is 19.1 Å². The molecular formula is C13H16FN3O3. The minimum Gasteiger partial charge on any atom is -0.392 e. The molecule has 2 rings (SSSR count). The van der Waals surface area contributed by atoms with Crippen LogP contribution in [0.4, 0.5) is 15.8 Å². The fraction of sp³-hybridized carbons (Fsp3) is 0.385. The van der Waals surface area contributed by atoms with Gasteiger partial charge >= 0.3 is 0 Å². The maximum Gasteiger partial charge on any atom is 0.241 e. The molecule has 0 aliphatic carbocycles. The van der Waals surface area contributed by atoms with Gasteiger partial charge in [0.1, 0.15) is 5.82 Å². The fourth-order valence-electron chi connectivity index (χ4n) is 2.03. The van der Waals surface area contributed by atoms with Gasteiger partial charge in [-0.1, -0.05) is 0 Å². The van der Waals surface area contributed by atoms with E-state index in [0.717, 1.165) is 6.07 Å². The van der Waals surface area contributed by atoms with Gasteiger partial charge in [-0.05, 0) is 24.6 Å². The predicted octanol–water partition coefficient (Wildman–Crippen LogP) is 0.445. The Hall–Kier alpha value is -1.99. The highest BCUT2D eigenvalue weighted by molar-refractivity contribution is 5.96. The summed E-state index contributed by atoms with van der Waals surface area (Å²) in [5, 5.41) is 17.2. The lowest BCUT2D eigenvalue weighted by Gasteiger charge is -2.12. The number of β-amino-alcohol motifs (C(OH)–C–C–N with tert-alkyl or cyclic N) is 1. The van der Waals surface area contributed by atoms with Gasteiger partial charge in [-0.15, -0.1) is 0 Å². The third-order valence-electron chi connectivity index (χ3n) is 2.97. The second kappa shape index (κ2) is 5.98. The average molecular weight is 281 g/mol. The van der Waals surface area contributed by atoms with Crippen molar-refractivity contribution in [2.45, 2.75) is 25.5 Å². The number of aliphatic hydroxyl groups is 1. The Kier molecular flexibility index (Phi) is 4.31. The standard InChI is InChI=1S/C13H16FN3O3/c1-7(18)16-11-4-8(2-3-10(11)14)17-13(20)12-5-9(19)6-15-12/h2-4,9,12,15,19H,5-6H2,1H3,(H,16,18)(H,17,20). The molecule has 1 aromatic carbocycles. The number of nitrogens with one attached hydrogen (secondary N) is 3. The lowest BCUT2D eigenvalue weighted by molar-refractivity contribution is -0.118. The fourth-order valence-corrected chi connectivity index (χ4v) is 2.03. The van der Waals surface area contributed by atoms with Gasteiger partial charge in [0.15, 0.2) is 0 Å². The van der Waals surface area contributed by atoms with Crippen LogP contribution in [-0.2, 0) is 9.59 Å². The van der Waals surface area contributed by atoms with Gasteiger partial charge < -0.3 is 21.1 Å². The molecule has 1 saturated heterocycles. The van der Waals surface area contributed by atoms with Crippen molar-refractivity contribution in [3.63, 3.8) is 0 Å². The van der Waals surface area contributed by atoms with Crippen molar-refractivity contribution in [3.05, 3.63) is 24.0 Å². The van der Waals surface area contributed by atoms with E-state index in [9.17, 15) is 19.1 Å². The SMILES string of the molecule is CC(=O)Nc1cc(NC(=O)C2CC(O)CN2)ccc1F. The molecule has 2 amide bonds. The second-order valence-electron chi connectivity index (χ2n) is 4.72. The summed E-state index contributed by atoms with van der Waals surface area (Å²) in [6.45, 7) is 1.65. The minimum absolute atomic E-state index is 0.00900. The van der Waals surface area contributed by atoms with E-state index < -0.39 is 23.9 Å². The highest BCUT2D eigenvalue weighted by Crippen LogP contribution is 2.20. The highest BCUT2D eigenvalue weighted by atomic mass is 19.1. The molecule has 1 fully saturated rings. The zero-order valence-electron chi connectivity index (χ0n) is 10.9. The number of anilines is 2. The summed E-state index contributed by atoms with van der Waals surface area (Å²) in [6.07, 6.45) is -0.195. The van der Waals surface area contributed by atoms with E-state index in [0.29, 0.717) is 18.7 Å². The number of hydrogen-bond acceptors (Lipinski definition) is 4. The third-order valence-corrected chi connectivity index (χ3v) is 2.97. The molecule has 1 aromatic rings. The van der Waals surface area contributed by atoms with Crippen LogP contribution < -0.4 is 16.0 Å². The molecule has 2 unspecified atom stereocenters. The normalized spacial score (nSPS) is 21.6. The Morgan fingerprint density at radius 2 is 2.15 bits per heavy atom. The minimum atomic E-state index is -0.576. The number of rotatable bonds is 3. The maximum absolute atomic E-state index is 13.4. The zero-order chi connectivity index (χ0) is 14.7. The molecule has 6 nitrogen and oxygen atoms in total. The average Bonchev–Trinajstić information content (AvgIpc) is 2.79. The first kappa shape index (κ1) is 14.4. The molecule has 0 radical (unpaired) electrons. The summed E-state index contributed by atoms with van der Waals surface area (Å²) in [6, 6.07) is 3.45. The third kappa shape index (κ3) is 3.52. The number of benzene rings is 1. The number of aliphatic hydroxyl groups excluding tert-OH is 1. The molecule has 20 heavy (non-hydrogen) atoms. The molecule has 0 spiro atoms. The van der Waals surface area contributed by atoms with Crippen LogP contribution in [0.1, 0.15) is 13.3 Å². The topological polar surface area (TPSA) is 90.5 Å². The monoisotopic (exact) mass is 281 g/mol. The Bertz CT molecular complexity index is 536. The zero-order valence-corrected chi connectivity index (χ0v) is 10.9. The summed E-state index contributed by atoms with van der Waals surface area (Å²) >= 11 is 0. The molecule has 0 saturated carbocycles. The van der Waals surface area contributed by atoms with Gasteiger partial charge in [0.2, 0.25) is 11.8 Å². The predicted molar refractivity (Wildman–Crippen MR) is 71.7 cm³/mol. The number of amides is 2. The van der Waals surface area contributed by atoms with E-state index in [1.165, 1.54) is 19.1 Å². The maximum atomic E-state index is 13.4. The first-order valence-electron chi connectivity index (χ1n) is 6.25. The Balaban J connectivity index is 2.05. The van der Waals surface area contributed by atoms with Gasteiger partial charge in [-0.2, -0.15) is 0 Å². The molecule has 4 N–H and O–H groups in total. The molecule has 108 valence electrons. The van der Waals surface area contributed by atoms with Gasteiger partial charge in [-0.3, -0.25) is 9.59 Å². The van der Waals surface area contributed by atoms with Crippen molar-refractivity contribution in [3.8, 4) is 0 Å². The van der Waals surface area contributed by atoms with Crippen LogP contribution in [0.25, 0.3) is 0 Å². The van der Waals surface area contributed by atoms with E-state index in [-0.39, 0.29) is 11.6 Å². The van der Waals surface area contributed by atoms with Crippen LogP contribution >= 0.6 is 0 Å². The summed E-state index contributed by atoms with van der Waals surface area (Å²) in [4.78, 5) is 22.9. The van der Waals surface area contributed by atoms with Crippen molar-refractivity contribution in [1.29, 1.82) is 0 Å². The van der Waals surface area contributed by atoms with Crippen LogP contribution in [-0.4, -0.2) is 35.6 Å². The Morgan fingerprint density at radius 3 is 2.75 bits per heavy atom. The lowest BCUT2D eigenvalue weighted by atomic mass is 10.2. The first-order valence-corrected chi connectivity index (χ1v) is 6.25. The Morgan fingerprint density at radius 1 is 1.40 bits per heavy atom. The molecule has 1 aliphatic rings. The van der Waals surface area contributed by atoms with Crippen molar-refractivity contribution in [1.82, 2.24) is 5.32 Å². The van der Waals surface area contributed by atoms with Crippen molar-refractivity contribution in [2.24, 2.45) is 0 Å². The highest BCUT2D eigenvalue weighted by Gasteiger charge is 2.28. The van der Waals surface area contributed by atoms with Gasteiger partial charge in [0, 0.05) is 19.2 Å². The van der Waals surface area contributed by atoms with Gasteiger partial charge in [0.25, 0.3) is 0 Å². The summed E-state index contributed by atoms with van der Waals surface area (Å²) in [7, 11) is 0. The van der Waals surface area contributed by atoms with Crippen LogP contribution in [0.5, 0.6) is 0 Å². The van der Waals surface area contributed by atoms with E-state index in [4.69, 9.17) is 0 Å². The van der Waals surface area contributed by atoms with E-state index >= 15 is 0 Å². The van der Waals surface area contributed by atoms with Crippen LogP contribution in [0.2, 0.25) is 0 Å². The largest absolute Gasteiger partial charge is 0.392 e. The summed E-state index contributed by atoms with van der Waals surface area (Å²) in [5.41, 5.74) is 0.387. The first-order chi connectivity index (χ1) is 9.45. The van der Waals surface area contributed by atoms with E-state index in [1.54, 1.807) is 0 Å². The molecule has 0 aromatic heterocycles.